The third-order valence-corrected chi connectivity index (χ3v) is 8.26. The van der Waals surface area contributed by atoms with Gasteiger partial charge in [0, 0.05) is 54.1 Å². The Morgan fingerprint density at radius 3 is 2.51 bits per heavy atom. The summed E-state index contributed by atoms with van der Waals surface area (Å²) in [6.45, 7) is 4.40. The molecule has 0 aliphatic carbocycles. The van der Waals surface area contributed by atoms with E-state index >= 15 is 0 Å². The van der Waals surface area contributed by atoms with Gasteiger partial charge in [-0.15, -0.1) is 0 Å². The number of aromatic nitrogens is 4. The van der Waals surface area contributed by atoms with Crippen molar-refractivity contribution in [3.63, 3.8) is 0 Å². The number of piperidine rings is 1. The molecular weight excluding hydrogens is 564 g/mol. The Bertz CT molecular complexity index is 1970. The number of anilines is 1. The van der Waals surface area contributed by atoms with Gasteiger partial charge in [0.1, 0.15) is 6.10 Å². The number of fused-ring (bicyclic) bond motifs is 3. The smallest absolute Gasteiger partial charge is 0.411 e. The highest BCUT2D eigenvalue weighted by atomic mass is 16.6. The van der Waals surface area contributed by atoms with Gasteiger partial charge >= 0.3 is 6.09 Å². The van der Waals surface area contributed by atoms with Crippen molar-refractivity contribution in [3.8, 4) is 22.4 Å². The molecule has 0 atom stereocenters. The first-order valence-electron chi connectivity index (χ1n) is 15.2. The van der Waals surface area contributed by atoms with Gasteiger partial charge in [-0.2, -0.15) is 9.61 Å². The maximum Gasteiger partial charge on any atom is 0.411 e. The van der Waals surface area contributed by atoms with E-state index < -0.39 is 6.09 Å². The Labute approximate surface area is 261 Å². The van der Waals surface area contributed by atoms with E-state index in [1.54, 1.807) is 24.3 Å². The predicted molar refractivity (Wildman–Crippen MR) is 175 cm³/mol. The summed E-state index contributed by atoms with van der Waals surface area (Å²) in [4.78, 5) is 24.6. The number of aryl methyl sites for hydroxylation is 1. The van der Waals surface area contributed by atoms with E-state index in [1.165, 1.54) is 5.56 Å². The Morgan fingerprint density at radius 2 is 1.73 bits per heavy atom. The van der Waals surface area contributed by atoms with Gasteiger partial charge in [-0.05, 0) is 54.7 Å². The number of carbonyl (C=O) groups is 1. The molecule has 9 nitrogen and oxygen atoms in total. The van der Waals surface area contributed by atoms with E-state index in [9.17, 15) is 9.90 Å². The molecule has 0 bridgehead atoms. The molecule has 0 unspecified atom stereocenters. The number of likely N-dealkylation sites (tertiary alicyclic amines) is 1. The number of amides is 1. The lowest BCUT2D eigenvalue weighted by atomic mass is 9.97. The number of aliphatic hydroxyl groups excluding tert-OH is 1. The number of hydrogen-bond acceptors (Lipinski definition) is 7. The fourth-order valence-corrected chi connectivity index (χ4v) is 5.97. The molecule has 7 rings (SSSR count). The van der Waals surface area contributed by atoms with Crippen molar-refractivity contribution in [1.29, 1.82) is 0 Å². The van der Waals surface area contributed by atoms with E-state index in [-0.39, 0.29) is 12.7 Å². The van der Waals surface area contributed by atoms with E-state index in [0.29, 0.717) is 5.69 Å². The zero-order valence-electron chi connectivity index (χ0n) is 25.1. The third-order valence-electron chi connectivity index (χ3n) is 8.26. The SMILES string of the molecule is Cc1cc2ncc3cc(-c4ccccc4)c(-c4ccc(CN5CCC(OC(=O)Nc6cccc(CO)c6)CC5)cc4)nc3n2n1. The van der Waals surface area contributed by atoms with Gasteiger partial charge in [-0.25, -0.2) is 14.8 Å². The molecule has 1 aliphatic rings. The monoisotopic (exact) mass is 598 g/mol. The number of benzene rings is 3. The average Bonchev–Trinajstić information content (AvgIpc) is 3.46. The summed E-state index contributed by atoms with van der Waals surface area (Å²) in [5.41, 5.74) is 9.12. The summed E-state index contributed by atoms with van der Waals surface area (Å²) in [5, 5.41) is 17.7. The normalized spacial score (nSPS) is 14.2. The number of rotatable bonds is 7. The van der Waals surface area contributed by atoms with Crippen molar-refractivity contribution in [3.05, 3.63) is 114 Å². The van der Waals surface area contributed by atoms with Crippen molar-refractivity contribution in [2.45, 2.75) is 39.0 Å². The Morgan fingerprint density at radius 1 is 0.933 bits per heavy atom. The van der Waals surface area contributed by atoms with Gasteiger partial charge < -0.3 is 9.84 Å². The molecule has 3 aromatic heterocycles. The molecule has 0 spiro atoms. The fourth-order valence-electron chi connectivity index (χ4n) is 5.97. The van der Waals surface area contributed by atoms with Crippen LogP contribution in [0.4, 0.5) is 10.5 Å². The van der Waals surface area contributed by atoms with Crippen molar-refractivity contribution in [2.75, 3.05) is 18.4 Å². The molecule has 6 aromatic rings. The summed E-state index contributed by atoms with van der Waals surface area (Å²) in [6, 6.07) is 30.2. The highest BCUT2D eigenvalue weighted by molar-refractivity contribution is 5.90. The van der Waals surface area contributed by atoms with Gasteiger partial charge in [-0.1, -0.05) is 66.7 Å². The molecule has 0 radical (unpaired) electrons. The summed E-state index contributed by atoms with van der Waals surface area (Å²) >= 11 is 0. The Balaban J connectivity index is 1.04. The topological polar surface area (TPSA) is 105 Å². The van der Waals surface area contributed by atoms with Crippen molar-refractivity contribution >= 4 is 28.5 Å². The molecule has 2 N–H and O–H groups in total. The van der Waals surface area contributed by atoms with Crippen LogP contribution in [0.5, 0.6) is 0 Å². The molecule has 1 aliphatic heterocycles. The minimum Gasteiger partial charge on any atom is -0.446 e. The minimum absolute atomic E-state index is 0.0757. The molecule has 1 fully saturated rings. The fraction of sp³-hybridized carbons (Fsp3) is 0.222. The first-order valence-corrected chi connectivity index (χ1v) is 15.2. The summed E-state index contributed by atoms with van der Waals surface area (Å²) < 4.78 is 7.50. The highest BCUT2D eigenvalue weighted by Gasteiger charge is 2.23. The van der Waals surface area contributed by atoms with Crippen LogP contribution < -0.4 is 5.32 Å². The zero-order chi connectivity index (χ0) is 30.8. The quantitative estimate of drug-likeness (QED) is 0.213. The van der Waals surface area contributed by atoms with Crippen LogP contribution in [-0.2, 0) is 17.9 Å². The summed E-state index contributed by atoms with van der Waals surface area (Å²) in [6.07, 6.45) is 2.84. The van der Waals surface area contributed by atoms with Crippen LogP contribution in [0.2, 0.25) is 0 Å². The molecule has 4 heterocycles. The third kappa shape index (κ3) is 6.26. The largest absolute Gasteiger partial charge is 0.446 e. The molecule has 0 saturated carbocycles. The second kappa shape index (κ2) is 12.5. The molecule has 1 saturated heterocycles. The second-order valence-electron chi connectivity index (χ2n) is 11.5. The molecule has 1 amide bonds. The summed E-state index contributed by atoms with van der Waals surface area (Å²) in [7, 11) is 0. The van der Waals surface area contributed by atoms with E-state index in [1.807, 2.05) is 41.9 Å². The lowest BCUT2D eigenvalue weighted by Gasteiger charge is -2.31. The maximum absolute atomic E-state index is 12.4. The minimum atomic E-state index is -0.462. The molecule has 9 heteroatoms. The van der Waals surface area contributed by atoms with Gasteiger partial charge in [0.25, 0.3) is 0 Å². The number of ether oxygens (including phenoxy) is 1. The van der Waals surface area contributed by atoms with Gasteiger partial charge in [0.2, 0.25) is 0 Å². The molecule has 3 aromatic carbocycles. The standard InChI is InChI=1S/C36H34N6O3/c1-24-18-33-37-21-29-20-32(27-7-3-2-4-8-27)34(39-35(29)42(33)40-24)28-12-10-25(11-13-28)22-41-16-14-31(15-17-41)45-36(44)38-30-9-5-6-26(19-30)23-43/h2-13,18-21,31,43H,14-17,22-23H2,1H3,(H,38,44). The Hall–Kier alpha value is -5.12. The van der Waals surface area contributed by atoms with Crippen molar-refractivity contribution in [2.24, 2.45) is 0 Å². The number of carbonyl (C=O) groups excluding carboxylic acids is 1. The first-order chi connectivity index (χ1) is 22.0. The van der Waals surface area contributed by atoms with Gasteiger partial charge in [0.15, 0.2) is 11.3 Å². The van der Waals surface area contributed by atoms with E-state index in [2.05, 4.69) is 62.8 Å². The van der Waals surface area contributed by atoms with Gasteiger partial charge in [0.05, 0.1) is 18.0 Å². The van der Waals surface area contributed by atoms with Crippen molar-refractivity contribution < 1.29 is 14.6 Å². The second-order valence-corrected chi connectivity index (χ2v) is 11.5. The zero-order valence-corrected chi connectivity index (χ0v) is 25.1. The highest BCUT2D eigenvalue weighted by Crippen LogP contribution is 2.34. The van der Waals surface area contributed by atoms with Crippen molar-refractivity contribution in [1.82, 2.24) is 24.5 Å². The maximum atomic E-state index is 12.4. The average molecular weight is 599 g/mol. The van der Waals surface area contributed by atoms with E-state index in [4.69, 9.17) is 9.72 Å². The number of nitrogens with zero attached hydrogens (tertiary/aromatic N) is 5. The summed E-state index contributed by atoms with van der Waals surface area (Å²) in [5.74, 6) is 0. The predicted octanol–water partition coefficient (Wildman–Crippen LogP) is 6.63. The van der Waals surface area contributed by atoms with Crippen LogP contribution in [-0.4, -0.2) is 54.9 Å². The van der Waals surface area contributed by atoms with Gasteiger partial charge in [-0.3, -0.25) is 10.2 Å². The van der Waals surface area contributed by atoms with Crippen LogP contribution in [0.15, 0.2) is 97.2 Å². The van der Waals surface area contributed by atoms with E-state index in [0.717, 1.165) is 82.8 Å². The molecule has 45 heavy (non-hydrogen) atoms. The molecule has 226 valence electrons. The lowest BCUT2D eigenvalue weighted by molar-refractivity contribution is 0.0567. The Kier molecular flexibility index (Phi) is 7.94. The number of nitrogens with one attached hydrogen (secondary N) is 1. The molecular formula is C36H34N6O3. The van der Waals surface area contributed by atoms with Crippen LogP contribution in [0, 0.1) is 6.92 Å². The lowest BCUT2D eigenvalue weighted by Crippen LogP contribution is -2.38. The number of pyridine rings is 1. The van der Waals surface area contributed by atoms with Crippen LogP contribution in [0.1, 0.15) is 29.7 Å². The van der Waals surface area contributed by atoms with Crippen LogP contribution in [0.3, 0.4) is 0 Å². The number of hydrogen-bond donors (Lipinski definition) is 2. The van der Waals surface area contributed by atoms with Crippen LogP contribution in [0.25, 0.3) is 39.1 Å². The van der Waals surface area contributed by atoms with Crippen LogP contribution >= 0.6 is 0 Å². The first kappa shape index (κ1) is 28.6. The number of aliphatic hydroxyl groups is 1.